The quantitative estimate of drug-likeness (QED) is 0.699. The number of anilines is 1. The van der Waals surface area contributed by atoms with Gasteiger partial charge in [-0.05, 0) is 18.2 Å². The summed E-state index contributed by atoms with van der Waals surface area (Å²) in [4.78, 5) is 4.56. The number of hydrogen-bond donors (Lipinski definition) is 1. The van der Waals surface area contributed by atoms with Crippen molar-refractivity contribution in [2.75, 3.05) is 5.73 Å². The highest BCUT2D eigenvalue weighted by Crippen LogP contribution is 2.21. The Morgan fingerprint density at radius 3 is 2.71 bits per heavy atom. The number of nitrogens with zero attached hydrogens (tertiary/aromatic N) is 2. The molecule has 1 aromatic carbocycles. The van der Waals surface area contributed by atoms with Gasteiger partial charge in [-0.15, -0.1) is 0 Å². The van der Waals surface area contributed by atoms with Crippen LogP contribution in [0, 0.1) is 0 Å². The molecule has 0 saturated carbocycles. The van der Waals surface area contributed by atoms with E-state index in [9.17, 15) is 0 Å². The molecule has 0 radical (unpaired) electrons. The van der Waals surface area contributed by atoms with Gasteiger partial charge >= 0.3 is 0 Å². The zero-order chi connectivity index (χ0) is 10.3. The van der Waals surface area contributed by atoms with Gasteiger partial charge < -0.3 is 10.3 Å². The lowest BCUT2D eigenvalue weighted by Gasteiger charge is -2.04. The fraction of sp³-hybridized carbons (Fsp3) is 0.364. The van der Waals surface area contributed by atoms with Gasteiger partial charge in [0.05, 0.1) is 11.0 Å². The predicted octanol–water partition coefficient (Wildman–Crippen LogP) is 2.28. The van der Waals surface area contributed by atoms with Crippen LogP contribution in [0.4, 0.5) is 5.69 Å². The molecule has 2 rings (SSSR count). The van der Waals surface area contributed by atoms with E-state index >= 15 is 0 Å². The summed E-state index contributed by atoms with van der Waals surface area (Å²) in [6, 6.07) is 5.85. The first-order valence-corrected chi connectivity index (χ1v) is 4.81. The number of imidazole rings is 1. The van der Waals surface area contributed by atoms with Gasteiger partial charge in [-0.2, -0.15) is 0 Å². The molecule has 2 N–H and O–H groups in total. The number of hydrogen-bond acceptors (Lipinski definition) is 2. The molecule has 2 aromatic rings. The largest absolute Gasteiger partial charge is 0.399 e. The van der Waals surface area contributed by atoms with Crippen molar-refractivity contribution in [2.24, 2.45) is 7.05 Å². The first kappa shape index (κ1) is 9.06. The Hall–Kier alpha value is -1.51. The number of rotatable bonds is 1. The van der Waals surface area contributed by atoms with Crippen molar-refractivity contribution in [1.82, 2.24) is 9.55 Å². The van der Waals surface area contributed by atoms with Crippen molar-refractivity contribution < 1.29 is 0 Å². The molecular formula is C11H15N3. The highest BCUT2D eigenvalue weighted by Gasteiger charge is 2.10. The van der Waals surface area contributed by atoms with Crippen molar-refractivity contribution in [3.05, 3.63) is 24.0 Å². The van der Waals surface area contributed by atoms with E-state index in [2.05, 4.69) is 23.4 Å². The number of fused-ring (bicyclic) bond motifs is 1. The van der Waals surface area contributed by atoms with Crippen LogP contribution in [0.2, 0.25) is 0 Å². The molecule has 0 fully saturated rings. The Balaban J connectivity index is 2.73. The molecule has 1 heterocycles. The lowest BCUT2D eigenvalue weighted by molar-refractivity contribution is 0.722. The van der Waals surface area contributed by atoms with E-state index in [0.29, 0.717) is 5.92 Å². The third-order valence-electron chi connectivity index (χ3n) is 2.46. The second-order valence-corrected chi connectivity index (χ2v) is 3.93. The fourth-order valence-corrected chi connectivity index (χ4v) is 1.75. The zero-order valence-electron chi connectivity index (χ0n) is 8.78. The van der Waals surface area contributed by atoms with Crippen molar-refractivity contribution in [2.45, 2.75) is 19.8 Å². The molecule has 0 amide bonds. The van der Waals surface area contributed by atoms with Gasteiger partial charge in [0.15, 0.2) is 0 Å². The second-order valence-electron chi connectivity index (χ2n) is 3.93. The summed E-state index contributed by atoms with van der Waals surface area (Å²) in [7, 11) is 2.04. The predicted molar refractivity (Wildman–Crippen MR) is 59.2 cm³/mol. The van der Waals surface area contributed by atoms with Gasteiger partial charge in [-0.1, -0.05) is 13.8 Å². The van der Waals surface area contributed by atoms with E-state index in [1.807, 2.05) is 25.2 Å². The third kappa shape index (κ3) is 1.25. The first-order valence-electron chi connectivity index (χ1n) is 4.81. The summed E-state index contributed by atoms with van der Waals surface area (Å²) in [6.07, 6.45) is 0. The SMILES string of the molecule is CC(C)c1nc2cc(N)ccc2n1C. The normalized spacial score (nSPS) is 11.4. The molecule has 0 spiro atoms. The molecule has 3 heteroatoms. The Morgan fingerprint density at radius 1 is 1.36 bits per heavy atom. The molecule has 0 saturated heterocycles. The minimum Gasteiger partial charge on any atom is -0.399 e. The van der Waals surface area contributed by atoms with Crippen LogP contribution in [0.1, 0.15) is 25.6 Å². The minimum atomic E-state index is 0.439. The summed E-state index contributed by atoms with van der Waals surface area (Å²) < 4.78 is 2.12. The Kier molecular flexibility index (Phi) is 1.95. The number of benzene rings is 1. The summed E-state index contributed by atoms with van der Waals surface area (Å²) in [6.45, 7) is 4.29. The highest BCUT2D eigenvalue weighted by molar-refractivity contribution is 5.79. The average Bonchev–Trinajstić information content (AvgIpc) is 2.43. The molecule has 74 valence electrons. The second kappa shape index (κ2) is 3.01. The monoisotopic (exact) mass is 189 g/mol. The minimum absolute atomic E-state index is 0.439. The van der Waals surface area contributed by atoms with Crippen LogP contribution in [-0.4, -0.2) is 9.55 Å². The molecule has 0 aliphatic heterocycles. The molecular weight excluding hydrogens is 174 g/mol. The number of aromatic nitrogens is 2. The van der Waals surface area contributed by atoms with Gasteiger partial charge in [-0.25, -0.2) is 4.98 Å². The lowest BCUT2D eigenvalue weighted by Crippen LogP contribution is -1.99. The van der Waals surface area contributed by atoms with Crippen LogP contribution >= 0.6 is 0 Å². The molecule has 0 aliphatic carbocycles. The van der Waals surface area contributed by atoms with E-state index in [1.165, 1.54) is 0 Å². The average molecular weight is 189 g/mol. The lowest BCUT2D eigenvalue weighted by atomic mass is 10.2. The van der Waals surface area contributed by atoms with Crippen LogP contribution in [0.3, 0.4) is 0 Å². The maximum absolute atomic E-state index is 5.71. The summed E-state index contributed by atoms with van der Waals surface area (Å²) in [5.74, 6) is 1.54. The van der Waals surface area contributed by atoms with E-state index in [-0.39, 0.29) is 0 Å². The van der Waals surface area contributed by atoms with Gasteiger partial charge in [0.25, 0.3) is 0 Å². The van der Waals surface area contributed by atoms with E-state index in [4.69, 9.17) is 5.73 Å². The Bertz CT molecular complexity index is 469. The van der Waals surface area contributed by atoms with Crippen molar-refractivity contribution in [3.63, 3.8) is 0 Å². The molecule has 0 bridgehead atoms. The topological polar surface area (TPSA) is 43.8 Å². The van der Waals surface area contributed by atoms with E-state index in [1.54, 1.807) is 0 Å². The van der Waals surface area contributed by atoms with E-state index < -0.39 is 0 Å². The number of nitrogens with two attached hydrogens (primary N) is 1. The molecule has 0 aliphatic rings. The summed E-state index contributed by atoms with van der Waals surface area (Å²) in [5, 5.41) is 0. The van der Waals surface area contributed by atoms with Gasteiger partial charge in [-0.3, -0.25) is 0 Å². The van der Waals surface area contributed by atoms with Crippen molar-refractivity contribution in [3.8, 4) is 0 Å². The first-order chi connectivity index (χ1) is 6.59. The Morgan fingerprint density at radius 2 is 2.07 bits per heavy atom. The van der Waals surface area contributed by atoms with Crippen LogP contribution < -0.4 is 5.73 Å². The van der Waals surface area contributed by atoms with Crippen LogP contribution in [0.5, 0.6) is 0 Å². The molecule has 14 heavy (non-hydrogen) atoms. The molecule has 1 aromatic heterocycles. The smallest absolute Gasteiger partial charge is 0.112 e. The maximum atomic E-state index is 5.71. The van der Waals surface area contributed by atoms with Crippen LogP contribution in [0.15, 0.2) is 18.2 Å². The van der Waals surface area contributed by atoms with Gasteiger partial charge in [0.2, 0.25) is 0 Å². The number of aryl methyl sites for hydroxylation is 1. The summed E-state index contributed by atoms with van der Waals surface area (Å²) >= 11 is 0. The molecule has 0 unspecified atom stereocenters. The third-order valence-corrected chi connectivity index (χ3v) is 2.46. The number of nitrogen functional groups attached to an aromatic ring is 1. The van der Waals surface area contributed by atoms with Crippen LogP contribution in [0.25, 0.3) is 11.0 Å². The molecule has 0 atom stereocenters. The maximum Gasteiger partial charge on any atom is 0.112 e. The van der Waals surface area contributed by atoms with Crippen molar-refractivity contribution in [1.29, 1.82) is 0 Å². The fourth-order valence-electron chi connectivity index (χ4n) is 1.75. The Labute approximate surface area is 83.6 Å². The molecule has 3 nitrogen and oxygen atoms in total. The highest BCUT2D eigenvalue weighted by atomic mass is 15.1. The van der Waals surface area contributed by atoms with Crippen LogP contribution in [-0.2, 0) is 7.05 Å². The van der Waals surface area contributed by atoms with Crippen molar-refractivity contribution >= 4 is 16.7 Å². The van der Waals surface area contributed by atoms with Gasteiger partial charge in [0, 0.05) is 18.7 Å². The zero-order valence-corrected chi connectivity index (χ0v) is 8.78. The standard InChI is InChI=1S/C11H15N3/c1-7(2)11-13-9-6-8(12)4-5-10(9)14(11)3/h4-7H,12H2,1-3H3. The van der Waals surface area contributed by atoms with Gasteiger partial charge in [0.1, 0.15) is 5.82 Å². The summed E-state index contributed by atoms with van der Waals surface area (Å²) in [5.41, 5.74) is 8.60. The van der Waals surface area contributed by atoms with E-state index in [0.717, 1.165) is 22.5 Å².